The summed E-state index contributed by atoms with van der Waals surface area (Å²) in [6.07, 6.45) is 2.49. The molecule has 1 aliphatic rings. The van der Waals surface area contributed by atoms with E-state index in [0.29, 0.717) is 23.1 Å². The molecule has 2 aromatic rings. The number of H-pyrrole nitrogens is 1. The van der Waals surface area contributed by atoms with Crippen LogP contribution in [0.5, 0.6) is 0 Å². The van der Waals surface area contributed by atoms with Crippen LogP contribution in [0.4, 0.5) is 5.69 Å². The number of hydrogen-bond acceptors (Lipinski definition) is 4. The highest BCUT2D eigenvalue weighted by atomic mass is 16.4. The van der Waals surface area contributed by atoms with Crippen molar-refractivity contribution in [1.82, 2.24) is 9.88 Å². The quantitative estimate of drug-likeness (QED) is 0.565. The normalized spacial score (nSPS) is 21.0. The van der Waals surface area contributed by atoms with Crippen molar-refractivity contribution in [2.75, 3.05) is 18.4 Å². The van der Waals surface area contributed by atoms with E-state index < -0.39 is 18.0 Å². The Morgan fingerprint density at radius 1 is 1.17 bits per heavy atom. The van der Waals surface area contributed by atoms with Crippen LogP contribution in [0.3, 0.4) is 0 Å². The number of aromatic amines is 1. The Morgan fingerprint density at radius 2 is 1.86 bits per heavy atom. The number of aromatic nitrogens is 1. The number of likely N-dealkylation sites (tertiary alicyclic amines) is 1. The lowest BCUT2D eigenvalue weighted by atomic mass is 9.89. The fourth-order valence-corrected chi connectivity index (χ4v) is 4.30. The van der Waals surface area contributed by atoms with Gasteiger partial charge in [-0.05, 0) is 30.4 Å². The van der Waals surface area contributed by atoms with Crippen molar-refractivity contribution < 1.29 is 24.6 Å². The summed E-state index contributed by atoms with van der Waals surface area (Å²) in [5.41, 5.74) is 1.96. The van der Waals surface area contributed by atoms with Crippen LogP contribution in [-0.4, -0.2) is 51.0 Å². The fraction of sp³-hybridized carbons (Fsp3) is 0.476. The third-order valence-electron chi connectivity index (χ3n) is 5.35. The number of aliphatic carboxylic acids is 2. The molecule has 3 rings (SSSR count). The largest absolute Gasteiger partial charge is 0.481 e. The van der Waals surface area contributed by atoms with Gasteiger partial charge in [0.2, 0.25) is 5.91 Å². The molecule has 4 N–H and O–H groups in total. The number of nitrogens with zero attached hydrogens (tertiary/aromatic N) is 1. The lowest BCUT2D eigenvalue weighted by Gasteiger charge is -2.38. The molecule has 0 radical (unpaired) electrons. The van der Waals surface area contributed by atoms with Gasteiger partial charge >= 0.3 is 11.9 Å². The summed E-state index contributed by atoms with van der Waals surface area (Å²) in [6.45, 7) is 5.78. The number of carboxylic acid groups (broad SMARTS) is 2. The molecule has 156 valence electrons. The van der Waals surface area contributed by atoms with Gasteiger partial charge in [0.05, 0.1) is 6.42 Å². The molecule has 1 amide bonds. The van der Waals surface area contributed by atoms with E-state index in [1.54, 1.807) is 24.4 Å². The van der Waals surface area contributed by atoms with Crippen LogP contribution in [-0.2, 0) is 14.4 Å². The first kappa shape index (κ1) is 20.9. The van der Waals surface area contributed by atoms with E-state index in [4.69, 9.17) is 5.11 Å². The third kappa shape index (κ3) is 4.95. The van der Waals surface area contributed by atoms with Crippen LogP contribution in [0.1, 0.15) is 44.7 Å². The number of carbonyl (C=O) groups is 3. The fourth-order valence-electron chi connectivity index (χ4n) is 4.30. The predicted octanol–water partition coefficient (Wildman–Crippen LogP) is 3.07. The van der Waals surface area contributed by atoms with Gasteiger partial charge in [-0.3, -0.25) is 19.3 Å². The van der Waals surface area contributed by atoms with E-state index in [9.17, 15) is 19.5 Å². The maximum absolute atomic E-state index is 12.1. The minimum Gasteiger partial charge on any atom is -0.481 e. The molecule has 0 spiro atoms. The number of piperidine rings is 1. The first-order chi connectivity index (χ1) is 13.7. The lowest BCUT2D eigenvalue weighted by Crippen LogP contribution is -2.43. The summed E-state index contributed by atoms with van der Waals surface area (Å²) >= 11 is 0. The van der Waals surface area contributed by atoms with Gasteiger partial charge < -0.3 is 20.5 Å². The highest BCUT2D eigenvalue weighted by Crippen LogP contribution is 2.34. The Morgan fingerprint density at radius 3 is 2.48 bits per heavy atom. The number of fused-ring (bicyclic) bond motifs is 1. The van der Waals surface area contributed by atoms with Crippen LogP contribution in [0, 0.1) is 11.8 Å². The maximum atomic E-state index is 12.1. The molecule has 29 heavy (non-hydrogen) atoms. The Bertz CT molecular complexity index is 912. The first-order valence-corrected chi connectivity index (χ1v) is 9.84. The molecule has 2 heterocycles. The first-order valence-electron chi connectivity index (χ1n) is 9.84. The number of hydrogen-bond donors (Lipinski definition) is 4. The van der Waals surface area contributed by atoms with Crippen LogP contribution in [0.2, 0.25) is 0 Å². The van der Waals surface area contributed by atoms with Crippen molar-refractivity contribution in [3.63, 3.8) is 0 Å². The minimum absolute atomic E-state index is 0.101. The summed E-state index contributed by atoms with van der Waals surface area (Å²) in [6, 6.07) is 4.50. The molecule has 0 aliphatic carbocycles. The summed E-state index contributed by atoms with van der Waals surface area (Å²) in [5.74, 6) is -1.39. The number of carbonyl (C=O) groups excluding carboxylic acids is 1. The predicted molar refractivity (Wildman–Crippen MR) is 109 cm³/mol. The summed E-state index contributed by atoms with van der Waals surface area (Å²) in [4.78, 5) is 39.7. The Hall–Kier alpha value is -2.87. The second-order valence-electron chi connectivity index (χ2n) is 8.09. The number of anilines is 1. The summed E-state index contributed by atoms with van der Waals surface area (Å²) in [5, 5.41) is 22.1. The smallest absolute Gasteiger partial charge is 0.325 e. The van der Waals surface area contributed by atoms with Gasteiger partial charge in [-0.1, -0.05) is 19.9 Å². The molecule has 1 aromatic heterocycles. The molecule has 0 unspecified atom stereocenters. The van der Waals surface area contributed by atoms with Crippen LogP contribution in [0.15, 0.2) is 24.4 Å². The molecule has 1 aliphatic heterocycles. The zero-order valence-corrected chi connectivity index (χ0v) is 16.6. The Kier molecular flexibility index (Phi) is 6.22. The zero-order valence-electron chi connectivity index (χ0n) is 16.6. The van der Waals surface area contributed by atoms with Crippen molar-refractivity contribution in [2.24, 2.45) is 11.8 Å². The Labute approximate surface area is 168 Å². The van der Waals surface area contributed by atoms with Crippen LogP contribution in [0.25, 0.3) is 10.9 Å². The molecule has 1 fully saturated rings. The van der Waals surface area contributed by atoms with Gasteiger partial charge in [0.25, 0.3) is 0 Å². The number of amides is 1. The van der Waals surface area contributed by atoms with Crippen LogP contribution < -0.4 is 5.32 Å². The maximum Gasteiger partial charge on any atom is 0.325 e. The standard InChI is InChI=1S/C21H27N3O5/c1-12-7-13(2)11-24(10-12)20(21(28)29)16-9-22-17-8-14(3-4-15(16)17)23-18(25)5-6-19(26)27/h3-4,8-9,12-13,20,22H,5-7,10-11H2,1-2H3,(H,23,25)(H,26,27)(H,28,29)/t12-,13+,20-/m1/s1. The number of benzene rings is 1. The molecule has 1 saturated heterocycles. The van der Waals surface area contributed by atoms with Crippen molar-refractivity contribution in [3.05, 3.63) is 30.0 Å². The second kappa shape index (κ2) is 8.65. The molecule has 8 nitrogen and oxygen atoms in total. The van der Waals surface area contributed by atoms with Gasteiger partial charge in [-0.25, -0.2) is 0 Å². The van der Waals surface area contributed by atoms with Crippen molar-refractivity contribution >= 4 is 34.4 Å². The lowest BCUT2D eigenvalue weighted by molar-refractivity contribution is -0.144. The molecule has 1 aromatic carbocycles. The van der Waals surface area contributed by atoms with E-state index in [0.717, 1.165) is 30.4 Å². The number of rotatable bonds is 7. The van der Waals surface area contributed by atoms with Gasteiger partial charge in [0.1, 0.15) is 6.04 Å². The average molecular weight is 401 g/mol. The van der Waals surface area contributed by atoms with E-state index in [2.05, 4.69) is 24.1 Å². The second-order valence-corrected chi connectivity index (χ2v) is 8.09. The van der Waals surface area contributed by atoms with Gasteiger partial charge in [-0.15, -0.1) is 0 Å². The highest BCUT2D eigenvalue weighted by molar-refractivity contribution is 5.96. The minimum atomic E-state index is -1.02. The van der Waals surface area contributed by atoms with Gasteiger partial charge in [-0.2, -0.15) is 0 Å². The zero-order chi connectivity index (χ0) is 21.1. The molecule has 8 heteroatoms. The monoisotopic (exact) mass is 401 g/mol. The molecular formula is C21H27N3O5. The number of carboxylic acids is 2. The summed E-state index contributed by atoms with van der Waals surface area (Å²) < 4.78 is 0. The topological polar surface area (TPSA) is 123 Å². The van der Waals surface area contributed by atoms with E-state index in [1.165, 1.54) is 0 Å². The van der Waals surface area contributed by atoms with Gasteiger partial charge in [0, 0.05) is 47.9 Å². The van der Waals surface area contributed by atoms with Crippen LogP contribution >= 0.6 is 0 Å². The number of nitrogens with one attached hydrogen (secondary N) is 2. The summed E-state index contributed by atoms with van der Waals surface area (Å²) in [7, 11) is 0. The van der Waals surface area contributed by atoms with Crippen molar-refractivity contribution in [1.29, 1.82) is 0 Å². The van der Waals surface area contributed by atoms with E-state index in [-0.39, 0.29) is 18.7 Å². The third-order valence-corrected chi connectivity index (χ3v) is 5.35. The molecule has 0 saturated carbocycles. The van der Waals surface area contributed by atoms with Gasteiger partial charge in [0.15, 0.2) is 0 Å². The average Bonchev–Trinajstić information content (AvgIpc) is 3.02. The van der Waals surface area contributed by atoms with E-state index >= 15 is 0 Å². The van der Waals surface area contributed by atoms with E-state index in [1.807, 2.05) is 4.90 Å². The highest BCUT2D eigenvalue weighted by Gasteiger charge is 2.34. The van der Waals surface area contributed by atoms with Crippen molar-refractivity contribution in [3.8, 4) is 0 Å². The molecule has 0 bridgehead atoms. The molecule has 3 atom stereocenters. The Balaban J connectivity index is 1.83. The van der Waals surface area contributed by atoms with Crippen molar-refractivity contribution in [2.45, 2.75) is 39.2 Å². The molecular weight excluding hydrogens is 374 g/mol. The SMILES string of the molecule is C[C@@H]1C[C@H](C)CN([C@@H](C(=O)O)c2c[nH]c3cc(NC(=O)CCC(=O)O)ccc23)C1.